The summed E-state index contributed by atoms with van der Waals surface area (Å²) >= 11 is 0. The fourth-order valence-electron chi connectivity index (χ4n) is 1.89. The van der Waals surface area contributed by atoms with Crippen molar-refractivity contribution in [3.8, 4) is 5.75 Å². The summed E-state index contributed by atoms with van der Waals surface area (Å²) in [5.74, 6) is 0.107. The van der Waals surface area contributed by atoms with Gasteiger partial charge in [0, 0.05) is 0 Å². The Kier molecular flexibility index (Phi) is 2.52. The third-order valence-corrected chi connectivity index (χ3v) is 2.97. The van der Waals surface area contributed by atoms with Crippen molar-refractivity contribution < 1.29 is 13.9 Å². The number of halogens is 1. The number of aryl methyl sites for hydroxylation is 1. The van der Waals surface area contributed by atoms with Gasteiger partial charge in [0.1, 0.15) is 17.1 Å². The van der Waals surface area contributed by atoms with E-state index in [2.05, 4.69) is 4.99 Å². The van der Waals surface area contributed by atoms with Crippen molar-refractivity contribution in [2.45, 2.75) is 25.3 Å². The third-order valence-electron chi connectivity index (χ3n) is 2.97. The molecule has 3 nitrogen and oxygen atoms in total. The van der Waals surface area contributed by atoms with E-state index in [-0.39, 0.29) is 5.82 Å². The van der Waals surface area contributed by atoms with E-state index in [9.17, 15) is 9.18 Å². The molecule has 0 bridgehead atoms. The van der Waals surface area contributed by atoms with E-state index in [0.717, 1.165) is 0 Å². The predicted molar refractivity (Wildman–Crippen MR) is 56.7 cm³/mol. The van der Waals surface area contributed by atoms with Crippen LogP contribution >= 0.6 is 0 Å². The Balaban J connectivity index is 2.62. The SMILES string of the molecule is COc1ccc(C)c(F)c1C1(N=C=O)CC1. The van der Waals surface area contributed by atoms with Gasteiger partial charge in [0.2, 0.25) is 6.08 Å². The summed E-state index contributed by atoms with van der Waals surface area (Å²) in [6, 6.07) is 3.35. The molecule has 16 heavy (non-hydrogen) atoms. The molecule has 0 aromatic heterocycles. The number of ether oxygens (including phenoxy) is 1. The van der Waals surface area contributed by atoms with Crippen molar-refractivity contribution in [1.29, 1.82) is 0 Å². The largest absolute Gasteiger partial charge is 0.496 e. The lowest BCUT2D eigenvalue weighted by atomic mass is 10.0. The van der Waals surface area contributed by atoms with Crippen LogP contribution in [-0.2, 0) is 10.3 Å². The van der Waals surface area contributed by atoms with Crippen LogP contribution in [0.4, 0.5) is 4.39 Å². The number of isocyanates is 1. The van der Waals surface area contributed by atoms with Gasteiger partial charge in [0.05, 0.1) is 12.7 Å². The standard InChI is InChI=1S/C12H12FNO2/c1-8-3-4-9(16-2)10(11(8)13)12(5-6-12)14-7-15/h3-4H,5-6H2,1-2H3. The van der Waals surface area contributed by atoms with E-state index in [0.29, 0.717) is 29.7 Å². The zero-order valence-corrected chi connectivity index (χ0v) is 9.21. The van der Waals surface area contributed by atoms with Crippen molar-refractivity contribution in [2.75, 3.05) is 7.11 Å². The van der Waals surface area contributed by atoms with Crippen molar-refractivity contribution in [3.05, 3.63) is 29.1 Å². The molecule has 0 heterocycles. The maximum absolute atomic E-state index is 14.0. The molecule has 0 spiro atoms. The predicted octanol–water partition coefficient (Wildman–Crippen LogP) is 2.47. The second-order valence-corrected chi connectivity index (χ2v) is 4.01. The van der Waals surface area contributed by atoms with Crippen LogP contribution in [-0.4, -0.2) is 13.2 Å². The molecule has 1 aromatic rings. The molecular weight excluding hydrogens is 209 g/mol. The topological polar surface area (TPSA) is 38.7 Å². The molecule has 0 aliphatic heterocycles. The molecule has 1 saturated carbocycles. The van der Waals surface area contributed by atoms with E-state index in [1.165, 1.54) is 13.2 Å². The van der Waals surface area contributed by atoms with Crippen LogP contribution < -0.4 is 4.74 Å². The molecule has 0 N–H and O–H groups in total. The summed E-state index contributed by atoms with van der Waals surface area (Å²) in [5, 5.41) is 0. The van der Waals surface area contributed by atoms with E-state index in [1.54, 1.807) is 19.1 Å². The molecule has 2 rings (SSSR count). The summed E-state index contributed by atoms with van der Waals surface area (Å²) in [4.78, 5) is 14.1. The average Bonchev–Trinajstić information content (AvgIpc) is 3.03. The minimum atomic E-state index is -0.733. The van der Waals surface area contributed by atoms with Crippen LogP contribution in [0.3, 0.4) is 0 Å². The molecule has 0 radical (unpaired) electrons. The second kappa shape index (κ2) is 3.72. The highest BCUT2D eigenvalue weighted by atomic mass is 19.1. The van der Waals surface area contributed by atoms with Crippen LogP contribution in [0.15, 0.2) is 17.1 Å². The van der Waals surface area contributed by atoms with E-state index >= 15 is 0 Å². The van der Waals surface area contributed by atoms with E-state index < -0.39 is 5.54 Å². The number of hydrogen-bond donors (Lipinski definition) is 0. The van der Waals surface area contributed by atoms with Crippen LogP contribution in [0.2, 0.25) is 0 Å². The number of hydrogen-bond acceptors (Lipinski definition) is 3. The smallest absolute Gasteiger partial charge is 0.235 e. The molecule has 4 heteroatoms. The number of nitrogens with zero attached hydrogens (tertiary/aromatic N) is 1. The Hall–Kier alpha value is -1.67. The van der Waals surface area contributed by atoms with E-state index in [4.69, 9.17) is 4.74 Å². The molecule has 1 fully saturated rings. The Bertz CT molecular complexity index is 474. The monoisotopic (exact) mass is 221 g/mol. The van der Waals surface area contributed by atoms with Crippen molar-refractivity contribution >= 4 is 6.08 Å². The van der Waals surface area contributed by atoms with Gasteiger partial charge in [-0.15, -0.1) is 0 Å². The minimum absolute atomic E-state index is 0.337. The number of rotatable bonds is 3. The summed E-state index contributed by atoms with van der Waals surface area (Å²) < 4.78 is 19.2. The molecule has 0 saturated heterocycles. The fourth-order valence-corrected chi connectivity index (χ4v) is 1.89. The number of methoxy groups -OCH3 is 1. The molecule has 84 valence electrons. The fraction of sp³-hybridized carbons (Fsp3) is 0.417. The van der Waals surface area contributed by atoms with Gasteiger partial charge in [0.15, 0.2) is 0 Å². The highest BCUT2D eigenvalue weighted by molar-refractivity contribution is 5.49. The first kappa shape index (κ1) is 10.8. The Morgan fingerprint density at radius 2 is 2.19 bits per heavy atom. The first-order valence-electron chi connectivity index (χ1n) is 5.07. The van der Waals surface area contributed by atoms with Crippen molar-refractivity contribution in [3.63, 3.8) is 0 Å². The van der Waals surface area contributed by atoms with Crippen LogP contribution in [0.25, 0.3) is 0 Å². The maximum atomic E-state index is 14.0. The van der Waals surface area contributed by atoms with Crippen LogP contribution in [0.5, 0.6) is 5.75 Å². The zero-order valence-electron chi connectivity index (χ0n) is 9.21. The molecule has 0 unspecified atom stereocenters. The van der Waals surface area contributed by atoms with Crippen LogP contribution in [0.1, 0.15) is 24.0 Å². The Morgan fingerprint density at radius 3 is 2.69 bits per heavy atom. The average molecular weight is 221 g/mol. The highest BCUT2D eigenvalue weighted by Crippen LogP contribution is 2.53. The molecular formula is C12H12FNO2. The number of carbonyl (C=O) groups excluding carboxylic acids is 1. The molecule has 1 aliphatic rings. The van der Waals surface area contributed by atoms with Gasteiger partial charge in [-0.2, -0.15) is 4.99 Å². The quantitative estimate of drug-likeness (QED) is 0.581. The first-order chi connectivity index (χ1) is 7.64. The van der Waals surface area contributed by atoms with Gasteiger partial charge >= 0.3 is 0 Å². The second-order valence-electron chi connectivity index (χ2n) is 4.01. The van der Waals surface area contributed by atoms with Crippen molar-refractivity contribution in [1.82, 2.24) is 0 Å². The highest BCUT2D eigenvalue weighted by Gasteiger charge is 2.49. The third kappa shape index (κ3) is 1.51. The normalized spacial score (nSPS) is 16.4. The molecule has 1 aliphatic carbocycles. The van der Waals surface area contributed by atoms with Gasteiger partial charge in [0.25, 0.3) is 0 Å². The number of aliphatic imine (C=N–C) groups is 1. The summed E-state index contributed by atoms with van der Waals surface area (Å²) in [5.41, 5.74) is 0.185. The maximum Gasteiger partial charge on any atom is 0.235 e. The lowest BCUT2D eigenvalue weighted by Crippen LogP contribution is -2.09. The Morgan fingerprint density at radius 1 is 1.50 bits per heavy atom. The van der Waals surface area contributed by atoms with Gasteiger partial charge in [-0.1, -0.05) is 6.07 Å². The summed E-state index contributed by atoms with van der Waals surface area (Å²) in [6.07, 6.45) is 2.85. The lowest BCUT2D eigenvalue weighted by Gasteiger charge is -2.15. The van der Waals surface area contributed by atoms with Gasteiger partial charge in [-0.25, -0.2) is 9.18 Å². The summed E-state index contributed by atoms with van der Waals surface area (Å²) in [6.45, 7) is 1.68. The lowest BCUT2D eigenvalue weighted by molar-refractivity contribution is 0.396. The van der Waals surface area contributed by atoms with Crippen molar-refractivity contribution in [2.24, 2.45) is 4.99 Å². The van der Waals surface area contributed by atoms with Crippen LogP contribution in [0, 0.1) is 12.7 Å². The van der Waals surface area contributed by atoms with Gasteiger partial charge < -0.3 is 4.74 Å². The minimum Gasteiger partial charge on any atom is -0.496 e. The zero-order chi connectivity index (χ0) is 11.8. The van der Waals surface area contributed by atoms with E-state index in [1.807, 2.05) is 0 Å². The molecule has 0 atom stereocenters. The Labute approximate surface area is 93.0 Å². The number of benzene rings is 1. The summed E-state index contributed by atoms with van der Waals surface area (Å²) in [7, 11) is 1.48. The van der Waals surface area contributed by atoms with Gasteiger partial charge in [-0.3, -0.25) is 0 Å². The van der Waals surface area contributed by atoms with Gasteiger partial charge in [-0.05, 0) is 31.4 Å². The first-order valence-corrected chi connectivity index (χ1v) is 5.07. The molecule has 0 amide bonds. The molecule has 1 aromatic carbocycles.